The fourth-order valence-corrected chi connectivity index (χ4v) is 2.02. The summed E-state index contributed by atoms with van der Waals surface area (Å²) in [7, 11) is 0. The Labute approximate surface area is 93.4 Å². The Morgan fingerprint density at radius 2 is 2.12 bits per heavy atom. The van der Waals surface area contributed by atoms with Crippen molar-refractivity contribution in [2.75, 3.05) is 0 Å². The van der Waals surface area contributed by atoms with Gasteiger partial charge in [0.05, 0.1) is 5.41 Å². The first kappa shape index (κ1) is 10.9. The van der Waals surface area contributed by atoms with Gasteiger partial charge in [-0.2, -0.15) is 0 Å². The van der Waals surface area contributed by atoms with Gasteiger partial charge < -0.3 is 5.11 Å². The quantitative estimate of drug-likeness (QED) is 0.832. The molecule has 2 nitrogen and oxygen atoms in total. The maximum absolute atomic E-state index is 13.0. The number of hydrogen-bond donors (Lipinski definition) is 1. The van der Waals surface area contributed by atoms with Gasteiger partial charge >= 0.3 is 5.97 Å². The van der Waals surface area contributed by atoms with Gasteiger partial charge in [0.15, 0.2) is 0 Å². The largest absolute Gasteiger partial charge is 0.481 e. The van der Waals surface area contributed by atoms with Crippen molar-refractivity contribution >= 4 is 11.5 Å². The maximum atomic E-state index is 13.0. The van der Waals surface area contributed by atoms with E-state index in [1.807, 2.05) is 6.08 Å². The van der Waals surface area contributed by atoms with E-state index >= 15 is 0 Å². The number of halogens is 1. The number of carboxylic acids is 1. The highest BCUT2D eigenvalue weighted by molar-refractivity contribution is 5.93. The van der Waals surface area contributed by atoms with Crippen LogP contribution in [-0.4, -0.2) is 11.1 Å². The number of allylic oxidation sites excluding steroid dienone is 1. The molecule has 0 saturated carbocycles. The number of fused-ring (bicyclic) bond motifs is 1. The van der Waals surface area contributed by atoms with E-state index in [1.54, 1.807) is 19.9 Å². The van der Waals surface area contributed by atoms with Gasteiger partial charge in [-0.05, 0) is 49.1 Å². The van der Waals surface area contributed by atoms with Gasteiger partial charge in [0.1, 0.15) is 5.82 Å². The van der Waals surface area contributed by atoms with Crippen LogP contribution >= 0.6 is 0 Å². The molecule has 1 N–H and O–H groups in total. The van der Waals surface area contributed by atoms with Gasteiger partial charge in [0.2, 0.25) is 0 Å². The number of benzene rings is 1. The Bertz CT molecular complexity index is 487. The minimum Gasteiger partial charge on any atom is -0.481 e. The normalized spacial score (nSPS) is 14.6. The molecular formula is C13H13FO2. The molecule has 16 heavy (non-hydrogen) atoms. The first-order valence-electron chi connectivity index (χ1n) is 5.16. The van der Waals surface area contributed by atoms with Gasteiger partial charge in [0.25, 0.3) is 0 Å². The minimum absolute atomic E-state index is 0.276. The van der Waals surface area contributed by atoms with Gasteiger partial charge in [0, 0.05) is 0 Å². The number of hydrogen-bond acceptors (Lipinski definition) is 1. The third kappa shape index (κ3) is 1.52. The molecule has 3 heteroatoms. The lowest BCUT2D eigenvalue weighted by molar-refractivity contribution is -0.143. The second kappa shape index (κ2) is 3.44. The predicted molar refractivity (Wildman–Crippen MR) is 59.5 cm³/mol. The highest BCUT2D eigenvalue weighted by Crippen LogP contribution is 2.40. The van der Waals surface area contributed by atoms with Crippen LogP contribution in [-0.2, 0) is 11.2 Å². The Morgan fingerprint density at radius 1 is 1.44 bits per heavy atom. The zero-order valence-electron chi connectivity index (χ0n) is 9.25. The molecule has 0 bridgehead atoms. The third-order valence-electron chi connectivity index (χ3n) is 3.09. The van der Waals surface area contributed by atoms with Crippen molar-refractivity contribution in [3.8, 4) is 0 Å². The van der Waals surface area contributed by atoms with Crippen LogP contribution in [0.4, 0.5) is 4.39 Å². The van der Waals surface area contributed by atoms with Crippen LogP contribution in [0.25, 0.3) is 5.57 Å². The second-order valence-electron chi connectivity index (χ2n) is 4.55. The SMILES string of the molecule is CC(C)(C(=O)O)C1=CCc2cc(F)ccc21. The van der Waals surface area contributed by atoms with E-state index in [1.165, 1.54) is 12.1 Å². The summed E-state index contributed by atoms with van der Waals surface area (Å²) in [5, 5.41) is 9.17. The Hall–Kier alpha value is -1.64. The molecule has 0 saturated heterocycles. The third-order valence-corrected chi connectivity index (χ3v) is 3.09. The van der Waals surface area contributed by atoms with Crippen LogP contribution in [0.1, 0.15) is 25.0 Å². The zero-order chi connectivity index (χ0) is 11.9. The first-order valence-corrected chi connectivity index (χ1v) is 5.16. The van der Waals surface area contributed by atoms with Gasteiger partial charge in [-0.15, -0.1) is 0 Å². The molecule has 0 spiro atoms. The monoisotopic (exact) mass is 220 g/mol. The van der Waals surface area contributed by atoms with Gasteiger partial charge in [-0.3, -0.25) is 4.79 Å². The van der Waals surface area contributed by atoms with Crippen molar-refractivity contribution in [2.24, 2.45) is 5.41 Å². The zero-order valence-corrected chi connectivity index (χ0v) is 9.25. The number of carboxylic acid groups (broad SMARTS) is 1. The highest BCUT2D eigenvalue weighted by atomic mass is 19.1. The van der Waals surface area contributed by atoms with E-state index in [2.05, 4.69) is 0 Å². The van der Waals surface area contributed by atoms with Crippen molar-refractivity contribution < 1.29 is 14.3 Å². The highest BCUT2D eigenvalue weighted by Gasteiger charge is 2.35. The molecular weight excluding hydrogens is 207 g/mol. The van der Waals surface area contributed by atoms with Crippen LogP contribution in [0.15, 0.2) is 24.3 Å². The van der Waals surface area contributed by atoms with Crippen molar-refractivity contribution in [2.45, 2.75) is 20.3 Å². The lowest BCUT2D eigenvalue weighted by atomic mass is 9.81. The van der Waals surface area contributed by atoms with E-state index in [9.17, 15) is 9.18 Å². The molecule has 84 valence electrons. The summed E-state index contributed by atoms with van der Waals surface area (Å²) in [4.78, 5) is 11.2. The number of rotatable bonds is 2. The molecule has 0 atom stereocenters. The molecule has 0 heterocycles. The van der Waals surface area contributed by atoms with Crippen LogP contribution in [0.2, 0.25) is 0 Å². The Kier molecular flexibility index (Phi) is 2.34. The molecule has 0 aliphatic heterocycles. The van der Waals surface area contributed by atoms with Crippen molar-refractivity contribution in [1.29, 1.82) is 0 Å². The number of carbonyl (C=O) groups is 1. The van der Waals surface area contributed by atoms with E-state index in [0.717, 1.165) is 16.7 Å². The lowest BCUT2D eigenvalue weighted by Crippen LogP contribution is -2.24. The summed E-state index contributed by atoms with van der Waals surface area (Å²) >= 11 is 0. The second-order valence-corrected chi connectivity index (χ2v) is 4.55. The smallest absolute Gasteiger partial charge is 0.313 e. The Morgan fingerprint density at radius 3 is 2.75 bits per heavy atom. The standard InChI is InChI=1S/C13H13FO2/c1-13(2,12(15)16)11-6-3-8-7-9(14)4-5-10(8)11/h4-7H,3H2,1-2H3,(H,15,16). The van der Waals surface area contributed by atoms with Crippen LogP contribution in [0.5, 0.6) is 0 Å². The molecule has 0 radical (unpaired) electrons. The van der Waals surface area contributed by atoms with E-state index in [-0.39, 0.29) is 5.82 Å². The molecule has 0 amide bonds. The Balaban J connectivity index is 2.47. The molecule has 0 fully saturated rings. The molecule has 1 aromatic rings. The summed E-state index contributed by atoms with van der Waals surface area (Å²) < 4.78 is 13.0. The van der Waals surface area contributed by atoms with Crippen molar-refractivity contribution in [3.63, 3.8) is 0 Å². The van der Waals surface area contributed by atoms with Gasteiger partial charge in [-0.1, -0.05) is 12.1 Å². The molecule has 0 aromatic heterocycles. The summed E-state index contributed by atoms with van der Waals surface area (Å²) in [6.07, 6.45) is 2.48. The van der Waals surface area contributed by atoms with Gasteiger partial charge in [-0.25, -0.2) is 4.39 Å². The van der Waals surface area contributed by atoms with E-state index in [4.69, 9.17) is 5.11 Å². The molecule has 0 unspecified atom stereocenters. The summed E-state index contributed by atoms with van der Waals surface area (Å²) in [5.74, 6) is -1.14. The fraction of sp³-hybridized carbons (Fsp3) is 0.308. The van der Waals surface area contributed by atoms with Crippen molar-refractivity contribution in [3.05, 3.63) is 41.2 Å². The van der Waals surface area contributed by atoms with Crippen LogP contribution in [0.3, 0.4) is 0 Å². The summed E-state index contributed by atoms with van der Waals surface area (Å²) in [5.41, 5.74) is 1.57. The maximum Gasteiger partial charge on any atom is 0.313 e. The van der Waals surface area contributed by atoms with Crippen LogP contribution in [0, 0.1) is 11.2 Å². The fourth-order valence-electron chi connectivity index (χ4n) is 2.02. The minimum atomic E-state index is -0.928. The van der Waals surface area contributed by atoms with E-state index in [0.29, 0.717) is 6.42 Å². The van der Waals surface area contributed by atoms with Crippen molar-refractivity contribution in [1.82, 2.24) is 0 Å². The van der Waals surface area contributed by atoms with E-state index < -0.39 is 11.4 Å². The lowest BCUT2D eigenvalue weighted by Gasteiger charge is -2.22. The summed E-state index contributed by atoms with van der Waals surface area (Å²) in [6.45, 7) is 3.33. The summed E-state index contributed by atoms with van der Waals surface area (Å²) in [6, 6.07) is 4.50. The molecule has 2 rings (SSSR count). The van der Waals surface area contributed by atoms with Crippen LogP contribution < -0.4 is 0 Å². The first-order chi connectivity index (χ1) is 7.43. The molecule has 1 aliphatic rings. The number of aliphatic carboxylic acids is 1. The molecule has 1 aliphatic carbocycles. The predicted octanol–water partition coefficient (Wildman–Crippen LogP) is 2.88. The average Bonchev–Trinajstić information content (AvgIpc) is 2.60. The topological polar surface area (TPSA) is 37.3 Å². The molecule has 1 aromatic carbocycles. The average molecular weight is 220 g/mol.